The molecule has 1 aromatic carbocycles. The van der Waals surface area contributed by atoms with Gasteiger partial charge in [0, 0.05) is 38.4 Å². The molecule has 0 bridgehead atoms. The van der Waals surface area contributed by atoms with E-state index < -0.39 is 6.03 Å². The van der Waals surface area contributed by atoms with Crippen molar-refractivity contribution in [2.45, 2.75) is 12.8 Å². The van der Waals surface area contributed by atoms with Crippen molar-refractivity contribution in [3.63, 3.8) is 0 Å². The van der Waals surface area contributed by atoms with Gasteiger partial charge in [0.2, 0.25) is 5.91 Å². The molecule has 0 atom stereocenters. The van der Waals surface area contributed by atoms with Crippen molar-refractivity contribution in [1.82, 2.24) is 20.5 Å². The Morgan fingerprint density at radius 3 is 2.69 bits per heavy atom. The van der Waals surface area contributed by atoms with E-state index in [4.69, 9.17) is 0 Å². The lowest BCUT2D eigenvalue weighted by atomic mass is 10.1. The van der Waals surface area contributed by atoms with Gasteiger partial charge in [-0.3, -0.25) is 9.78 Å². The largest absolute Gasteiger partial charge is 0.508 e. The van der Waals surface area contributed by atoms with Crippen LogP contribution in [-0.4, -0.2) is 53.6 Å². The summed E-state index contributed by atoms with van der Waals surface area (Å²) in [5.74, 6) is 0.0374. The van der Waals surface area contributed by atoms with Gasteiger partial charge in [-0.2, -0.15) is 0 Å². The molecular formula is C19H24N4O3. The molecule has 0 fully saturated rings. The molecule has 7 nitrogen and oxygen atoms in total. The molecule has 0 aliphatic carbocycles. The normalized spacial score (nSPS) is 10.2. The van der Waals surface area contributed by atoms with Gasteiger partial charge in [0.05, 0.1) is 6.54 Å². The highest BCUT2D eigenvalue weighted by molar-refractivity contribution is 5.83. The molecule has 0 saturated heterocycles. The summed E-state index contributed by atoms with van der Waals surface area (Å²) in [4.78, 5) is 29.6. The number of carbonyl (C=O) groups is 2. The van der Waals surface area contributed by atoms with Crippen LogP contribution in [0, 0.1) is 0 Å². The zero-order valence-corrected chi connectivity index (χ0v) is 14.8. The lowest BCUT2D eigenvalue weighted by molar-refractivity contribution is -0.128. The topological polar surface area (TPSA) is 94.6 Å². The smallest absolute Gasteiger partial charge is 0.315 e. The summed E-state index contributed by atoms with van der Waals surface area (Å²) >= 11 is 0. The average molecular weight is 356 g/mol. The second-order valence-electron chi connectivity index (χ2n) is 5.92. The third-order valence-corrected chi connectivity index (χ3v) is 3.87. The molecule has 3 amide bonds. The molecule has 1 aromatic heterocycles. The molecule has 2 aromatic rings. The molecule has 0 spiro atoms. The van der Waals surface area contributed by atoms with Gasteiger partial charge < -0.3 is 20.6 Å². The van der Waals surface area contributed by atoms with Crippen molar-refractivity contribution < 1.29 is 14.7 Å². The van der Waals surface area contributed by atoms with Crippen LogP contribution in [0.3, 0.4) is 0 Å². The third kappa shape index (κ3) is 6.80. The van der Waals surface area contributed by atoms with Crippen LogP contribution in [0.4, 0.5) is 4.79 Å². The monoisotopic (exact) mass is 356 g/mol. The zero-order chi connectivity index (χ0) is 18.8. The molecule has 2 rings (SSSR count). The fraction of sp³-hybridized carbons (Fsp3) is 0.316. The van der Waals surface area contributed by atoms with E-state index in [0.717, 1.165) is 11.3 Å². The van der Waals surface area contributed by atoms with Crippen molar-refractivity contribution in [2.75, 3.05) is 26.7 Å². The van der Waals surface area contributed by atoms with E-state index in [2.05, 4.69) is 15.6 Å². The average Bonchev–Trinajstić information content (AvgIpc) is 2.65. The van der Waals surface area contributed by atoms with E-state index >= 15 is 0 Å². The van der Waals surface area contributed by atoms with Crippen molar-refractivity contribution in [3.05, 3.63) is 59.9 Å². The number of nitrogens with one attached hydrogen (secondary N) is 2. The lowest BCUT2D eigenvalue weighted by Gasteiger charge is -2.17. The minimum absolute atomic E-state index is 0.0589. The maximum Gasteiger partial charge on any atom is 0.315 e. The van der Waals surface area contributed by atoms with Crippen LogP contribution in [0.5, 0.6) is 5.75 Å². The number of hydrogen-bond acceptors (Lipinski definition) is 4. The number of carbonyl (C=O) groups excluding carboxylic acids is 2. The molecule has 0 aliphatic heterocycles. The Balaban J connectivity index is 1.62. The van der Waals surface area contributed by atoms with Gasteiger partial charge in [-0.25, -0.2) is 4.79 Å². The van der Waals surface area contributed by atoms with E-state index in [1.807, 2.05) is 24.3 Å². The molecule has 26 heavy (non-hydrogen) atoms. The van der Waals surface area contributed by atoms with Crippen molar-refractivity contribution in [2.24, 2.45) is 0 Å². The highest BCUT2D eigenvalue weighted by Crippen LogP contribution is 2.10. The summed E-state index contributed by atoms with van der Waals surface area (Å²) in [6.07, 6.45) is 2.98. The Kier molecular flexibility index (Phi) is 7.42. The van der Waals surface area contributed by atoms with Gasteiger partial charge in [-0.15, -0.1) is 0 Å². The summed E-state index contributed by atoms with van der Waals surface area (Å²) < 4.78 is 0. The third-order valence-electron chi connectivity index (χ3n) is 3.87. The first-order valence-corrected chi connectivity index (χ1v) is 8.48. The van der Waals surface area contributed by atoms with Crippen LogP contribution in [0.2, 0.25) is 0 Å². The number of likely N-dealkylation sites (N-methyl/N-ethyl adjacent to an activating group) is 1. The van der Waals surface area contributed by atoms with Crippen molar-refractivity contribution >= 4 is 11.9 Å². The number of rotatable bonds is 8. The van der Waals surface area contributed by atoms with E-state index in [9.17, 15) is 14.7 Å². The van der Waals surface area contributed by atoms with E-state index in [-0.39, 0.29) is 18.2 Å². The summed E-state index contributed by atoms with van der Waals surface area (Å²) in [7, 11) is 1.70. The lowest BCUT2D eigenvalue weighted by Crippen LogP contribution is -2.43. The second-order valence-corrected chi connectivity index (χ2v) is 5.92. The fourth-order valence-electron chi connectivity index (χ4n) is 2.34. The number of phenolic OH excluding ortho intramolecular Hbond substituents is 1. The predicted octanol–water partition coefficient (Wildman–Crippen LogP) is 1.33. The van der Waals surface area contributed by atoms with Crippen LogP contribution in [0.25, 0.3) is 0 Å². The quantitative estimate of drug-likeness (QED) is 0.665. The molecule has 138 valence electrons. The van der Waals surface area contributed by atoms with Gasteiger partial charge in [-0.1, -0.05) is 18.2 Å². The number of pyridine rings is 1. The molecular weight excluding hydrogens is 332 g/mol. The molecule has 1 heterocycles. The van der Waals surface area contributed by atoms with Gasteiger partial charge in [0.15, 0.2) is 0 Å². The SMILES string of the molecule is CN(CCc1ccccn1)C(=O)CNC(=O)NCCc1cccc(O)c1. The zero-order valence-electron chi connectivity index (χ0n) is 14.8. The molecule has 0 radical (unpaired) electrons. The maximum atomic E-state index is 12.0. The number of aromatic nitrogens is 1. The first-order valence-electron chi connectivity index (χ1n) is 8.48. The Bertz CT molecular complexity index is 722. The number of aromatic hydroxyl groups is 1. The van der Waals surface area contributed by atoms with Gasteiger partial charge in [0.25, 0.3) is 0 Å². The number of urea groups is 1. The van der Waals surface area contributed by atoms with Crippen LogP contribution in [0.1, 0.15) is 11.3 Å². The Hall–Kier alpha value is -3.09. The second kappa shape index (κ2) is 10.0. The Morgan fingerprint density at radius 2 is 1.96 bits per heavy atom. The van der Waals surface area contributed by atoms with Crippen LogP contribution in [0.15, 0.2) is 48.7 Å². The Morgan fingerprint density at radius 1 is 1.12 bits per heavy atom. The van der Waals surface area contributed by atoms with Gasteiger partial charge in [0.1, 0.15) is 5.75 Å². The molecule has 0 aliphatic rings. The highest BCUT2D eigenvalue weighted by Gasteiger charge is 2.10. The highest BCUT2D eigenvalue weighted by atomic mass is 16.3. The van der Waals surface area contributed by atoms with Gasteiger partial charge >= 0.3 is 6.03 Å². The minimum Gasteiger partial charge on any atom is -0.508 e. The molecule has 0 unspecified atom stereocenters. The Labute approximate surface area is 153 Å². The van der Waals surface area contributed by atoms with E-state index in [0.29, 0.717) is 25.9 Å². The standard InChI is InChI=1S/C19H24N4O3/c1-23(12-9-16-6-2-3-10-20-16)18(25)14-22-19(26)21-11-8-15-5-4-7-17(24)13-15/h2-7,10,13,24H,8-9,11-12,14H2,1H3,(H2,21,22,26). The van der Waals surface area contributed by atoms with E-state index in [1.165, 1.54) is 0 Å². The van der Waals surface area contributed by atoms with Crippen molar-refractivity contribution in [3.8, 4) is 5.75 Å². The van der Waals surface area contributed by atoms with Crippen LogP contribution < -0.4 is 10.6 Å². The van der Waals surface area contributed by atoms with Crippen molar-refractivity contribution in [1.29, 1.82) is 0 Å². The predicted molar refractivity (Wildman–Crippen MR) is 98.8 cm³/mol. The maximum absolute atomic E-state index is 12.0. The molecule has 3 N–H and O–H groups in total. The molecule has 0 saturated carbocycles. The summed E-state index contributed by atoms with van der Waals surface area (Å²) in [6, 6.07) is 12.2. The summed E-state index contributed by atoms with van der Waals surface area (Å²) in [5, 5.41) is 14.6. The molecule has 7 heteroatoms. The first kappa shape index (κ1) is 19.2. The minimum atomic E-state index is -0.392. The van der Waals surface area contributed by atoms with Crippen LogP contribution >= 0.6 is 0 Å². The van der Waals surface area contributed by atoms with Gasteiger partial charge in [-0.05, 0) is 36.2 Å². The number of hydrogen-bond donors (Lipinski definition) is 3. The number of benzene rings is 1. The summed E-state index contributed by atoms with van der Waals surface area (Å²) in [6.45, 7) is 0.895. The van der Waals surface area contributed by atoms with E-state index in [1.54, 1.807) is 36.3 Å². The van der Waals surface area contributed by atoms with Crippen LogP contribution in [-0.2, 0) is 17.6 Å². The number of phenols is 1. The number of amides is 3. The number of nitrogens with zero attached hydrogens (tertiary/aromatic N) is 2. The first-order chi connectivity index (χ1) is 12.5. The fourth-order valence-corrected chi connectivity index (χ4v) is 2.34. The summed E-state index contributed by atoms with van der Waals surface area (Å²) in [5.41, 5.74) is 1.85.